The molecule has 0 aromatic heterocycles. The van der Waals surface area contributed by atoms with Crippen molar-refractivity contribution in [2.75, 3.05) is 32.7 Å². The number of benzene rings is 1. The summed E-state index contributed by atoms with van der Waals surface area (Å²) >= 11 is 0. The smallest absolute Gasteiger partial charge is 0.317 e. The molecule has 1 aromatic carbocycles. The molecule has 144 valence electrons. The minimum absolute atomic E-state index is 0.0738. The van der Waals surface area contributed by atoms with E-state index in [1.807, 2.05) is 0 Å². The Morgan fingerprint density at radius 2 is 1.69 bits per heavy atom. The third-order valence-electron chi connectivity index (χ3n) is 5.36. The molecule has 0 radical (unpaired) electrons. The Morgan fingerprint density at radius 3 is 2.31 bits per heavy atom. The average Bonchev–Trinajstić information content (AvgIpc) is 2.63. The fraction of sp³-hybridized carbons (Fsp3) is 0.632. The molecule has 2 amide bonds. The lowest BCUT2D eigenvalue weighted by Crippen LogP contribution is -2.52. The van der Waals surface area contributed by atoms with Gasteiger partial charge in [-0.25, -0.2) is 18.0 Å². The normalized spacial score (nSPS) is 21.6. The third-order valence-corrected chi connectivity index (χ3v) is 5.36. The van der Waals surface area contributed by atoms with Gasteiger partial charge in [-0.1, -0.05) is 12.1 Å². The zero-order valence-corrected chi connectivity index (χ0v) is 14.9. The van der Waals surface area contributed by atoms with Crippen molar-refractivity contribution in [3.63, 3.8) is 0 Å². The summed E-state index contributed by atoms with van der Waals surface area (Å²) in [6, 6.07) is 6.37. The third kappa shape index (κ3) is 5.37. The van der Waals surface area contributed by atoms with Gasteiger partial charge >= 0.3 is 6.03 Å². The first-order chi connectivity index (χ1) is 12.4. The van der Waals surface area contributed by atoms with Crippen molar-refractivity contribution < 1.29 is 18.0 Å². The number of urea groups is 1. The van der Waals surface area contributed by atoms with Gasteiger partial charge in [0.2, 0.25) is 5.92 Å². The molecule has 1 saturated carbocycles. The Labute approximate surface area is 152 Å². The number of halogens is 3. The van der Waals surface area contributed by atoms with E-state index in [1.165, 1.54) is 12.1 Å². The summed E-state index contributed by atoms with van der Waals surface area (Å²) in [5, 5.41) is 2.90. The number of nitrogens with zero attached hydrogens (tertiary/aromatic N) is 2. The van der Waals surface area contributed by atoms with Gasteiger partial charge in [0.25, 0.3) is 0 Å². The van der Waals surface area contributed by atoms with Crippen LogP contribution in [0.15, 0.2) is 24.3 Å². The maximum atomic E-state index is 13.2. The van der Waals surface area contributed by atoms with Gasteiger partial charge in [-0.15, -0.1) is 0 Å². The van der Waals surface area contributed by atoms with Gasteiger partial charge in [-0.3, -0.25) is 4.90 Å². The summed E-state index contributed by atoms with van der Waals surface area (Å²) < 4.78 is 39.3. The van der Waals surface area contributed by atoms with Crippen LogP contribution in [0.2, 0.25) is 0 Å². The molecule has 0 unspecified atom stereocenters. The zero-order valence-electron chi connectivity index (χ0n) is 14.9. The predicted molar refractivity (Wildman–Crippen MR) is 93.6 cm³/mol. The molecule has 1 saturated heterocycles. The number of nitrogens with one attached hydrogen (secondary N) is 1. The van der Waals surface area contributed by atoms with Gasteiger partial charge in [0.05, 0.1) is 0 Å². The number of carbonyl (C=O) groups excluding carboxylic acids is 1. The van der Waals surface area contributed by atoms with Gasteiger partial charge < -0.3 is 10.2 Å². The molecule has 26 heavy (non-hydrogen) atoms. The molecule has 2 aliphatic rings. The van der Waals surface area contributed by atoms with Gasteiger partial charge in [0.1, 0.15) is 5.82 Å². The van der Waals surface area contributed by atoms with Crippen molar-refractivity contribution in [1.29, 1.82) is 0 Å². The maximum absolute atomic E-state index is 13.2. The van der Waals surface area contributed by atoms with E-state index in [-0.39, 0.29) is 30.6 Å². The highest BCUT2D eigenvalue weighted by Gasteiger charge is 2.35. The standard InChI is InChI=1S/C19H26F3N3O/c20-17-3-1-16(2-4-17)14-24-9-11-25(12-10-24)18(26)23-13-15-5-7-19(21,22)8-6-15/h1-4,15H,5-14H2,(H,23,26). The number of hydrogen-bond donors (Lipinski definition) is 1. The molecule has 2 fully saturated rings. The minimum Gasteiger partial charge on any atom is -0.338 e. The Balaban J connectivity index is 1.36. The van der Waals surface area contributed by atoms with Crippen molar-refractivity contribution in [2.45, 2.75) is 38.2 Å². The van der Waals surface area contributed by atoms with Crippen LogP contribution >= 0.6 is 0 Å². The van der Waals surface area contributed by atoms with Gasteiger partial charge in [-0.05, 0) is 36.5 Å². The second kappa shape index (κ2) is 8.29. The molecule has 0 atom stereocenters. The summed E-state index contributed by atoms with van der Waals surface area (Å²) in [6.45, 7) is 4.02. The monoisotopic (exact) mass is 369 g/mol. The van der Waals surface area contributed by atoms with E-state index in [2.05, 4.69) is 10.2 Å². The second-order valence-corrected chi connectivity index (χ2v) is 7.38. The van der Waals surface area contributed by atoms with Crippen LogP contribution in [0.25, 0.3) is 0 Å². The number of alkyl halides is 2. The fourth-order valence-corrected chi connectivity index (χ4v) is 3.60. The molecule has 3 rings (SSSR count). The fourth-order valence-electron chi connectivity index (χ4n) is 3.60. The number of hydrogen-bond acceptors (Lipinski definition) is 2. The summed E-state index contributed by atoms with van der Waals surface area (Å²) in [6.07, 6.45) is 0.794. The van der Waals surface area contributed by atoms with E-state index >= 15 is 0 Å². The molecule has 0 spiro atoms. The SMILES string of the molecule is O=C(NCC1CCC(F)(F)CC1)N1CCN(Cc2ccc(F)cc2)CC1. The largest absolute Gasteiger partial charge is 0.338 e. The van der Waals surface area contributed by atoms with Crippen LogP contribution in [-0.2, 0) is 6.54 Å². The lowest BCUT2D eigenvalue weighted by molar-refractivity contribution is -0.0452. The molecule has 7 heteroatoms. The van der Waals surface area contributed by atoms with Crippen LogP contribution in [-0.4, -0.2) is 54.5 Å². The molecule has 0 bridgehead atoms. The first-order valence-electron chi connectivity index (χ1n) is 9.29. The predicted octanol–water partition coefficient (Wildman–Crippen LogP) is 3.48. The zero-order chi connectivity index (χ0) is 18.6. The number of carbonyl (C=O) groups is 1. The summed E-state index contributed by atoms with van der Waals surface area (Å²) in [4.78, 5) is 16.3. The van der Waals surface area contributed by atoms with Gasteiger partial charge in [0.15, 0.2) is 0 Å². The van der Waals surface area contributed by atoms with Crippen LogP contribution in [0.3, 0.4) is 0 Å². The summed E-state index contributed by atoms with van der Waals surface area (Å²) in [7, 11) is 0. The minimum atomic E-state index is -2.53. The van der Waals surface area contributed by atoms with E-state index in [0.717, 1.165) is 25.2 Å². The highest BCUT2D eigenvalue weighted by Crippen LogP contribution is 2.35. The Morgan fingerprint density at radius 1 is 1.08 bits per heavy atom. The van der Waals surface area contributed by atoms with Crippen LogP contribution in [0.5, 0.6) is 0 Å². The molecule has 1 aromatic rings. The van der Waals surface area contributed by atoms with Crippen molar-refractivity contribution in [3.05, 3.63) is 35.6 Å². The summed E-state index contributed by atoms with van der Waals surface area (Å²) in [5.74, 6) is -2.61. The number of piperazine rings is 1. The molecule has 1 aliphatic carbocycles. The van der Waals surface area contributed by atoms with E-state index < -0.39 is 5.92 Å². The van der Waals surface area contributed by atoms with Crippen LogP contribution in [0.1, 0.15) is 31.2 Å². The maximum Gasteiger partial charge on any atom is 0.317 e. The molecular formula is C19H26F3N3O. The van der Waals surface area contributed by atoms with E-state index in [1.54, 1.807) is 17.0 Å². The van der Waals surface area contributed by atoms with E-state index in [4.69, 9.17) is 0 Å². The van der Waals surface area contributed by atoms with Gasteiger partial charge in [0, 0.05) is 52.1 Å². The van der Waals surface area contributed by atoms with Crippen molar-refractivity contribution >= 4 is 6.03 Å². The van der Waals surface area contributed by atoms with Crippen LogP contribution in [0, 0.1) is 11.7 Å². The Kier molecular flexibility index (Phi) is 6.06. The first-order valence-corrected chi connectivity index (χ1v) is 9.29. The van der Waals surface area contributed by atoms with Crippen LogP contribution < -0.4 is 5.32 Å². The Bertz CT molecular complexity index is 591. The first kappa shape index (κ1) is 19.0. The Hall–Kier alpha value is -1.76. The quantitative estimate of drug-likeness (QED) is 0.882. The lowest BCUT2D eigenvalue weighted by atomic mass is 9.87. The molecule has 1 aliphatic heterocycles. The van der Waals surface area contributed by atoms with Gasteiger partial charge in [-0.2, -0.15) is 0 Å². The summed E-state index contributed by atoms with van der Waals surface area (Å²) in [5.41, 5.74) is 1.05. The lowest BCUT2D eigenvalue weighted by Gasteiger charge is -2.35. The van der Waals surface area contributed by atoms with Crippen molar-refractivity contribution in [2.24, 2.45) is 5.92 Å². The second-order valence-electron chi connectivity index (χ2n) is 7.38. The highest BCUT2D eigenvalue weighted by atomic mass is 19.3. The van der Waals surface area contributed by atoms with E-state index in [0.29, 0.717) is 32.5 Å². The topological polar surface area (TPSA) is 35.6 Å². The average molecular weight is 369 g/mol. The molecular weight excluding hydrogens is 343 g/mol. The molecule has 4 nitrogen and oxygen atoms in total. The number of rotatable bonds is 4. The van der Waals surface area contributed by atoms with Crippen molar-refractivity contribution in [1.82, 2.24) is 15.1 Å². The molecule has 1 heterocycles. The highest BCUT2D eigenvalue weighted by molar-refractivity contribution is 5.74. The van der Waals surface area contributed by atoms with E-state index in [9.17, 15) is 18.0 Å². The number of amides is 2. The van der Waals surface area contributed by atoms with Crippen molar-refractivity contribution in [3.8, 4) is 0 Å². The molecule has 1 N–H and O–H groups in total. The van der Waals surface area contributed by atoms with Crippen LogP contribution in [0.4, 0.5) is 18.0 Å².